The molecule has 1 N–H and O–H groups in total. The van der Waals surface area contributed by atoms with E-state index >= 15 is 0 Å². The summed E-state index contributed by atoms with van der Waals surface area (Å²) in [6.07, 6.45) is 0.631. The Labute approximate surface area is 153 Å². The Morgan fingerprint density at radius 1 is 1.15 bits per heavy atom. The molecule has 6 nitrogen and oxygen atoms in total. The van der Waals surface area contributed by atoms with E-state index in [2.05, 4.69) is 5.32 Å². The van der Waals surface area contributed by atoms with Gasteiger partial charge in [0.25, 0.3) is 0 Å². The van der Waals surface area contributed by atoms with Crippen molar-refractivity contribution in [1.29, 1.82) is 0 Å². The summed E-state index contributed by atoms with van der Waals surface area (Å²) in [5.74, 6) is 0.181. The SMILES string of the molecule is COc1ccccc1CNC(=O)CCS(=O)(=O)N1CCc2ccccc21. The Morgan fingerprint density at radius 3 is 2.69 bits per heavy atom. The average Bonchev–Trinajstić information content (AvgIpc) is 3.10. The van der Waals surface area contributed by atoms with Crippen LogP contribution < -0.4 is 14.4 Å². The van der Waals surface area contributed by atoms with Gasteiger partial charge in [-0.05, 0) is 24.1 Å². The number of nitrogens with one attached hydrogen (secondary N) is 1. The lowest BCUT2D eigenvalue weighted by Gasteiger charge is -2.19. The number of nitrogens with zero attached hydrogens (tertiary/aromatic N) is 1. The molecule has 0 spiro atoms. The number of ether oxygens (including phenoxy) is 1. The van der Waals surface area contributed by atoms with E-state index in [9.17, 15) is 13.2 Å². The van der Waals surface area contributed by atoms with Crippen LogP contribution in [0.2, 0.25) is 0 Å². The lowest BCUT2D eigenvalue weighted by Crippen LogP contribution is -2.34. The topological polar surface area (TPSA) is 75.7 Å². The Hall–Kier alpha value is -2.54. The smallest absolute Gasteiger partial charge is 0.235 e. The molecule has 0 fully saturated rings. The number of rotatable bonds is 7. The second-order valence-electron chi connectivity index (χ2n) is 6.11. The van der Waals surface area contributed by atoms with Crippen LogP contribution in [0.4, 0.5) is 5.69 Å². The normalized spacial score (nSPS) is 13.3. The van der Waals surface area contributed by atoms with E-state index in [0.717, 1.165) is 16.8 Å². The number of carbonyl (C=O) groups excluding carboxylic acids is 1. The third-order valence-electron chi connectivity index (χ3n) is 4.44. The van der Waals surface area contributed by atoms with Crippen molar-refractivity contribution in [3.05, 3.63) is 59.7 Å². The summed E-state index contributed by atoms with van der Waals surface area (Å²) >= 11 is 0. The number of sulfonamides is 1. The van der Waals surface area contributed by atoms with E-state index in [1.54, 1.807) is 7.11 Å². The molecule has 0 saturated heterocycles. The van der Waals surface area contributed by atoms with Crippen molar-refractivity contribution in [2.45, 2.75) is 19.4 Å². The minimum Gasteiger partial charge on any atom is -0.496 e. The van der Waals surface area contributed by atoms with Crippen molar-refractivity contribution in [2.75, 3.05) is 23.7 Å². The van der Waals surface area contributed by atoms with E-state index in [1.807, 2.05) is 48.5 Å². The first kappa shape index (κ1) is 18.3. The number of fused-ring (bicyclic) bond motifs is 1. The predicted molar refractivity (Wildman–Crippen MR) is 101 cm³/mol. The molecule has 1 aliphatic heterocycles. The third-order valence-corrected chi connectivity index (χ3v) is 6.21. The fourth-order valence-electron chi connectivity index (χ4n) is 3.06. The van der Waals surface area contributed by atoms with Gasteiger partial charge in [-0.2, -0.15) is 0 Å². The maximum Gasteiger partial charge on any atom is 0.235 e. The van der Waals surface area contributed by atoms with Gasteiger partial charge >= 0.3 is 0 Å². The molecule has 0 aliphatic carbocycles. The summed E-state index contributed by atoms with van der Waals surface area (Å²) < 4.78 is 31.9. The number of carbonyl (C=O) groups is 1. The lowest BCUT2D eigenvalue weighted by molar-refractivity contribution is -0.120. The van der Waals surface area contributed by atoms with Crippen LogP contribution in [0.15, 0.2) is 48.5 Å². The molecule has 0 atom stereocenters. The zero-order valence-electron chi connectivity index (χ0n) is 14.6. The van der Waals surface area contributed by atoms with Crippen LogP contribution in [-0.4, -0.2) is 33.7 Å². The number of amides is 1. The summed E-state index contributed by atoms with van der Waals surface area (Å²) in [6.45, 7) is 0.736. The van der Waals surface area contributed by atoms with Crippen LogP contribution in [0.1, 0.15) is 17.5 Å². The first-order valence-electron chi connectivity index (χ1n) is 8.48. The van der Waals surface area contributed by atoms with Crippen molar-refractivity contribution in [1.82, 2.24) is 5.32 Å². The van der Waals surface area contributed by atoms with Crippen molar-refractivity contribution in [2.24, 2.45) is 0 Å². The number of benzene rings is 2. The molecule has 0 unspecified atom stereocenters. The van der Waals surface area contributed by atoms with Crippen LogP contribution in [0.5, 0.6) is 5.75 Å². The minimum atomic E-state index is -3.52. The molecule has 1 heterocycles. The molecule has 2 aromatic carbocycles. The zero-order valence-corrected chi connectivity index (χ0v) is 15.5. The van der Waals surface area contributed by atoms with E-state index < -0.39 is 10.0 Å². The van der Waals surface area contributed by atoms with Gasteiger partial charge in [-0.1, -0.05) is 36.4 Å². The van der Waals surface area contributed by atoms with E-state index in [4.69, 9.17) is 4.74 Å². The molecule has 26 heavy (non-hydrogen) atoms. The Morgan fingerprint density at radius 2 is 1.88 bits per heavy atom. The number of hydrogen-bond acceptors (Lipinski definition) is 4. The van der Waals surface area contributed by atoms with Crippen molar-refractivity contribution < 1.29 is 17.9 Å². The van der Waals surface area contributed by atoms with Crippen molar-refractivity contribution in [3.63, 3.8) is 0 Å². The van der Waals surface area contributed by atoms with Gasteiger partial charge in [-0.15, -0.1) is 0 Å². The molecule has 2 aromatic rings. The van der Waals surface area contributed by atoms with Gasteiger partial charge in [0.15, 0.2) is 0 Å². The van der Waals surface area contributed by atoms with Gasteiger partial charge in [0.1, 0.15) is 5.75 Å². The summed E-state index contributed by atoms with van der Waals surface area (Å²) in [4.78, 5) is 12.1. The average molecular weight is 374 g/mol. The highest BCUT2D eigenvalue weighted by molar-refractivity contribution is 7.92. The molecule has 1 aliphatic rings. The summed E-state index contributed by atoms with van der Waals surface area (Å²) in [5.41, 5.74) is 2.60. The molecule has 0 bridgehead atoms. The lowest BCUT2D eigenvalue weighted by atomic mass is 10.2. The van der Waals surface area contributed by atoms with Crippen LogP contribution in [0.25, 0.3) is 0 Å². The quantitative estimate of drug-likeness (QED) is 0.805. The first-order valence-corrected chi connectivity index (χ1v) is 10.1. The van der Waals surface area contributed by atoms with Gasteiger partial charge in [-0.25, -0.2) is 8.42 Å². The second kappa shape index (κ2) is 7.78. The largest absolute Gasteiger partial charge is 0.496 e. The highest BCUT2D eigenvalue weighted by atomic mass is 32.2. The molecule has 138 valence electrons. The molecular formula is C19H22N2O4S. The van der Waals surface area contributed by atoms with Crippen LogP contribution in [0.3, 0.4) is 0 Å². The maximum absolute atomic E-state index is 12.6. The molecule has 0 aromatic heterocycles. The van der Waals surface area contributed by atoms with Gasteiger partial charge in [0.2, 0.25) is 15.9 Å². The minimum absolute atomic E-state index is 0.0733. The maximum atomic E-state index is 12.6. The second-order valence-corrected chi connectivity index (χ2v) is 8.12. The van der Waals surface area contributed by atoms with E-state index in [0.29, 0.717) is 25.3 Å². The van der Waals surface area contributed by atoms with Crippen molar-refractivity contribution >= 4 is 21.6 Å². The standard InChI is InChI=1S/C19H22N2O4S/c1-25-18-9-5-3-7-16(18)14-20-19(22)11-13-26(23,24)21-12-10-15-6-2-4-8-17(15)21/h2-9H,10-14H2,1H3,(H,20,22). The number of hydrogen-bond donors (Lipinski definition) is 1. The van der Waals surface area contributed by atoms with Gasteiger partial charge in [0.05, 0.1) is 18.6 Å². The van der Waals surface area contributed by atoms with Crippen LogP contribution in [-0.2, 0) is 27.8 Å². The summed E-state index contributed by atoms with van der Waals surface area (Å²) in [5, 5.41) is 2.75. The molecule has 1 amide bonds. The van der Waals surface area contributed by atoms with Gasteiger partial charge in [-0.3, -0.25) is 9.10 Å². The van der Waals surface area contributed by atoms with E-state index in [-0.39, 0.29) is 18.1 Å². The van der Waals surface area contributed by atoms with Crippen LogP contribution >= 0.6 is 0 Å². The number of methoxy groups -OCH3 is 1. The Balaban J connectivity index is 1.56. The number of anilines is 1. The van der Waals surface area contributed by atoms with Crippen LogP contribution in [0, 0.1) is 0 Å². The third kappa shape index (κ3) is 3.99. The van der Waals surface area contributed by atoms with Gasteiger partial charge < -0.3 is 10.1 Å². The Bertz CT molecular complexity index is 896. The molecule has 7 heteroatoms. The zero-order chi connectivity index (χ0) is 18.6. The molecular weight excluding hydrogens is 352 g/mol. The number of para-hydroxylation sites is 2. The van der Waals surface area contributed by atoms with E-state index in [1.165, 1.54) is 4.31 Å². The monoisotopic (exact) mass is 374 g/mol. The highest BCUT2D eigenvalue weighted by Crippen LogP contribution is 2.30. The summed E-state index contributed by atoms with van der Waals surface area (Å²) in [7, 11) is -1.95. The van der Waals surface area contributed by atoms with Crippen molar-refractivity contribution in [3.8, 4) is 5.75 Å². The highest BCUT2D eigenvalue weighted by Gasteiger charge is 2.29. The first-order chi connectivity index (χ1) is 12.5. The van der Waals surface area contributed by atoms with Gasteiger partial charge in [0, 0.05) is 25.1 Å². The molecule has 3 rings (SSSR count). The summed E-state index contributed by atoms with van der Waals surface area (Å²) in [6, 6.07) is 14.9. The Kier molecular flexibility index (Phi) is 5.46. The molecule has 0 radical (unpaired) electrons. The molecule has 0 saturated carbocycles. The predicted octanol–water partition coefficient (Wildman–Crippen LogP) is 2.09. The fraction of sp³-hybridized carbons (Fsp3) is 0.316. The fourth-order valence-corrected chi connectivity index (χ4v) is 4.57.